The Bertz CT molecular complexity index is 1310. The maximum Gasteiger partial charge on any atom is 0.317 e. The lowest BCUT2D eigenvalue weighted by Gasteiger charge is -2.64. The Kier molecular flexibility index (Phi) is 9.51. The highest BCUT2D eigenvalue weighted by Crippen LogP contribution is 2.89. The zero-order valence-electron chi connectivity index (χ0n) is 30.4. The van der Waals surface area contributed by atoms with E-state index >= 15 is 0 Å². The van der Waals surface area contributed by atoms with Crippen molar-refractivity contribution in [2.45, 2.75) is 160 Å². The van der Waals surface area contributed by atoms with Gasteiger partial charge in [0.1, 0.15) is 24.4 Å². The van der Waals surface area contributed by atoms with Crippen LogP contribution in [0.15, 0.2) is 0 Å². The largest absolute Gasteiger partial charge is 0.432 e. The molecule has 0 aromatic rings. The predicted octanol–water partition coefficient (Wildman–Crippen LogP) is -0.0382. The number of aliphatic hydroxyl groups is 10. The second kappa shape index (κ2) is 12.3. The van der Waals surface area contributed by atoms with Crippen LogP contribution < -0.4 is 0 Å². The monoisotopic (exact) mass is 714 g/mol. The van der Waals surface area contributed by atoms with Gasteiger partial charge >= 0.3 is 5.97 Å². The van der Waals surface area contributed by atoms with Gasteiger partial charge in [0.2, 0.25) is 6.29 Å². The third kappa shape index (κ3) is 4.94. The average molecular weight is 715 g/mol. The van der Waals surface area contributed by atoms with E-state index in [1.54, 1.807) is 13.8 Å². The van der Waals surface area contributed by atoms with E-state index in [1.807, 2.05) is 13.8 Å². The molecular weight excluding hydrogens is 652 g/mol. The summed E-state index contributed by atoms with van der Waals surface area (Å²) in [6, 6.07) is 0. The Morgan fingerprint density at radius 3 is 2.12 bits per heavy atom. The number of hydrogen-bond acceptors (Lipinski definition) is 13. The highest BCUT2D eigenvalue weighted by Gasteiger charge is 2.86. The standard InChI is InChI=1S/C37H62O13/c1-18(2)36(48,17-39)12-10-33(5,47)28-19(40)14-32(4)21-7-8-22-34(6,30(46)50-29-27(45)26(44)25(43)20(15-38)49-29)23(41)13-24(42)37(22)16-35(21,37)11-9-31(28,32)3/h18-29,38-45,47-48H,7-17H2,1-6H3. The number of aliphatic hydroxyl groups excluding tert-OH is 8. The molecule has 13 heteroatoms. The van der Waals surface area contributed by atoms with Gasteiger partial charge in [-0.2, -0.15) is 0 Å². The van der Waals surface area contributed by atoms with Crippen molar-refractivity contribution in [3.05, 3.63) is 0 Å². The van der Waals surface area contributed by atoms with Gasteiger partial charge in [0.25, 0.3) is 0 Å². The molecule has 10 N–H and O–H groups in total. The SMILES string of the molecule is CC(C)C(O)(CO)CCC(C)(O)C1C(O)CC2(C)C3CCC4C(C)(C(=O)OC5OC(CO)C(O)C(O)C5O)C(O)CC(O)C45CC35CCC12C. The molecule has 0 amide bonds. The van der Waals surface area contributed by atoms with E-state index in [1.165, 1.54) is 0 Å². The van der Waals surface area contributed by atoms with Crippen LogP contribution in [0.5, 0.6) is 0 Å². The second-order valence-corrected chi connectivity index (χ2v) is 18.6. The van der Waals surface area contributed by atoms with E-state index in [4.69, 9.17) is 9.47 Å². The van der Waals surface area contributed by atoms with Gasteiger partial charge in [-0.25, -0.2) is 0 Å². The van der Waals surface area contributed by atoms with E-state index in [0.717, 1.165) is 0 Å². The van der Waals surface area contributed by atoms with Crippen LogP contribution in [0.2, 0.25) is 0 Å². The molecule has 18 unspecified atom stereocenters. The van der Waals surface area contributed by atoms with E-state index < -0.39 is 113 Å². The van der Waals surface area contributed by atoms with Gasteiger partial charge in [0.15, 0.2) is 0 Å². The number of hydrogen-bond donors (Lipinski definition) is 10. The quantitative estimate of drug-likeness (QED) is 0.141. The Morgan fingerprint density at radius 1 is 0.880 bits per heavy atom. The summed E-state index contributed by atoms with van der Waals surface area (Å²) in [6.07, 6.45) is -7.26. The van der Waals surface area contributed by atoms with Gasteiger partial charge < -0.3 is 60.5 Å². The topological polar surface area (TPSA) is 238 Å². The van der Waals surface area contributed by atoms with Crippen LogP contribution in [0.25, 0.3) is 0 Å². The fourth-order valence-electron chi connectivity index (χ4n) is 13.1. The normalized spacial score (nSPS) is 53.7. The van der Waals surface area contributed by atoms with Crippen LogP contribution in [0.4, 0.5) is 0 Å². The first-order chi connectivity index (χ1) is 23.1. The summed E-state index contributed by atoms with van der Waals surface area (Å²) in [6.45, 7) is 10.2. The molecule has 2 spiro atoms. The summed E-state index contributed by atoms with van der Waals surface area (Å²) in [4.78, 5) is 14.1. The van der Waals surface area contributed by atoms with Crippen molar-refractivity contribution in [2.75, 3.05) is 13.2 Å². The molecule has 6 aliphatic rings. The molecule has 0 radical (unpaired) electrons. The molecule has 1 saturated heterocycles. The molecule has 6 rings (SSSR count). The lowest BCUT2D eigenvalue weighted by molar-refractivity contribution is -0.300. The predicted molar refractivity (Wildman–Crippen MR) is 177 cm³/mol. The summed E-state index contributed by atoms with van der Waals surface area (Å²) in [5.74, 6) is -2.03. The third-order valence-corrected chi connectivity index (χ3v) is 16.4. The Labute approximate surface area is 294 Å². The summed E-state index contributed by atoms with van der Waals surface area (Å²) >= 11 is 0. The molecule has 13 nitrogen and oxygen atoms in total. The summed E-state index contributed by atoms with van der Waals surface area (Å²) in [7, 11) is 0. The molecule has 5 aliphatic carbocycles. The molecule has 50 heavy (non-hydrogen) atoms. The van der Waals surface area contributed by atoms with Crippen LogP contribution >= 0.6 is 0 Å². The van der Waals surface area contributed by atoms with Crippen molar-refractivity contribution in [3.8, 4) is 0 Å². The molecule has 1 aliphatic heterocycles. The molecule has 0 aromatic heterocycles. The summed E-state index contributed by atoms with van der Waals surface area (Å²) in [5, 5.41) is 109. The van der Waals surface area contributed by atoms with Gasteiger partial charge in [-0.1, -0.05) is 27.7 Å². The number of esters is 1. The molecule has 6 fully saturated rings. The van der Waals surface area contributed by atoms with Crippen molar-refractivity contribution in [3.63, 3.8) is 0 Å². The van der Waals surface area contributed by atoms with Gasteiger partial charge in [-0.05, 0) is 99.2 Å². The van der Waals surface area contributed by atoms with Gasteiger partial charge in [-0.3, -0.25) is 4.79 Å². The summed E-state index contributed by atoms with van der Waals surface area (Å²) in [5.41, 5.74) is -6.24. The molecule has 1 heterocycles. The molecule has 5 saturated carbocycles. The van der Waals surface area contributed by atoms with E-state index in [9.17, 15) is 55.9 Å². The number of ether oxygens (including phenoxy) is 2. The van der Waals surface area contributed by atoms with E-state index in [2.05, 4.69) is 13.8 Å². The molecule has 0 aromatic carbocycles. The smallest absolute Gasteiger partial charge is 0.317 e. The number of rotatable bonds is 9. The van der Waals surface area contributed by atoms with Gasteiger partial charge in [0, 0.05) is 17.8 Å². The number of carbonyl (C=O) groups is 1. The molecule has 18 atom stereocenters. The second-order valence-electron chi connectivity index (χ2n) is 18.6. The van der Waals surface area contributed by atoms with Crippen LogP contribution in [0.3, 0.4) is 0 Å². The van der Waals surface area contributed by atoms with Crippen molar-refractivity contribution < 1.29 is 65.3 Å². The lowest BCUT2D eigenvalue weighted by atomic mass is 9.41. The zero-order chi connectivity index (χ0) is 37.2. The third-order valence-electron chi connectivity index (χ3n) is 16.4. The van der Waals surface area contributed by atoms with E-state index in [-0.39, 0.29) is 36.5 Å². The maximum atomic E-state index is 14.1. The van der Waals surface area contributed by atoms with Gasteiger partial charge in [0.05, 0.1) is 48.1 Å². The fraction of sp³-hybridized carbons (Fsp3) is 0.973. The number of fused-ring (bicyclic) bond motifs is 2. The fourth-order valence-corrected chi connectivity index (χ4v) is 13.1. The molecule has 0 bridgehead atoms. The highest BCUT2D eigenvalue weighted by molar-refractivity contribution is 5.78. The van der Waals surface area contributed by atoms with Crippen LogP contribution in [-0.2, 0) is 14.3 Å². The Morgan fingerprint density at radius 2 is 1.52 bits per heavy atom. The minimum atomic E-state index is -1.79. The van der Waals surface area contributed by atoms with Crippen molar-refractivity contribution >= 4 is 5.97 Å². The first-order valence-electron chi connectivity index (χ1n) is 18.7. The number of carbonyl (C=O) groups excluding carboxylic acids is 1. The van der Waals surface area contributed by atoms with Crippen molar-refractivity contribution in [1.29, 1.82) is 0 Å². The zero-order valence-corrected chi connectivity index (χ0v) is 30.4. The Balaban J connectivity index is 1.28. The molecular formula is C37H62O13. The molecule has 288 valence electrons. The minimum Gasteiger partial charge on any atom is -0.432 e. The average Bonchev–Trinajstić information content (AvgIpc) is 3.69. The minimum absolute atomic E-state index is 0.0427. The lowest BCUT2D eigenvalue weighted by Crippen LogP contribution is -2.65. The van der Waals surface area contributed by atoms with Gasteiger partial charge in [-0.15, -0.1) is 0 Å². The van der Waals surface area contributed by atoms with Crippen LogP contribution in [0, 0.1) is 50.7 Å². The van der Waals surface area contributed by atoms with Crippen molar-refractivity contribution in [2.24, 2.45) is 50.7 Å². The summed E-state index contributed by atoms with van der Waals surface area (Å²) < 4.78 is 11.1. The highest BCUT2D eigenvalue weighted by atomic mass is 16.7. The Hall–Kier alpha value is -0.970. The maximum absolute atomic E-state index is 14.1. The first-order valence-corrected chi connectivity index (χ1v) is 18.7. The van der Waals surface area contributed by atoms with Crippen LogP contribution in [-0.4, -0.2) is 130 Å². The van der Waals surface area contributed by atoms with Crippen molar-refractivity contribution in [1.82, 2.24) is 0 Å². The van der Waals surface area contributed by atoms with Crippen LogP contribution in [0.1, 0.15) is 99.3 Å². The first kappa shape index (κ1) is 38.7. The van der Waals surface area contributed by atoms with E-state index in [0.29, 0.717) is 38.5 Å².